The van der Waals surface area contributed by atoms with Gasteiger partial charge in [-0.15, -0.1) is 0 Å². The highest BCUT2D eigenvalue weighted by molar-refractivity contribution is 5.28. The van der Waals surface area contributed by atoms with Crippen molar-refractivity contribution in [1.29, 1.82) is 0 Å². The molecular formula is C13H22N2O. The summed E-state index contributed by atoms with van der Waals surface area (Å²) in [6.45, 7) is 3.42. The molecule has 16 heavy (non-hydrogen) atoms. The largest absolute Gasteiger partial charge is 0.494 e. The summed E-state index contributed by atoms with van der Waals surface area (Å²) in [5.74, 6) is 0.903. The topological polar surface area (TPSA) is 61.3 Å². The van der Waals surface area contributed by atoms with Crippen molar-refractivity contribution in [3.8, 4) is 5.75 Å². The highest BCUT2D eigenvalue weighted by atomic mass is 16.5. The van der Waals surface area contributed by atoms with Gasteiger partial charge >= 0.3 is 0 Å². The Hall–Kier alpha value is -1.06. The minimum absolute atomic E-state index is 0.113. The van der Waals surface area contributed by atoms with Gasteiger partial charge in [0, 0.05) is 6.04 Å². The van der Waals surface area contributed by atoms with E-state index >= 15 is 0 Å². The van der Waals surface area contributed by atoms with Crippen molar-refractivity contribution in [1.82, 2.24) is 0 Å². The van der Waals surface area contributed by atoms with Gasteiger partial charge in [-0.2, -0.15) is 0 Å². The molecule has 0 unspecified atom stereocenters. The number of hydrogen-bond donors (Lipinski definition) is 2. The van der Waals surface area contributed by atoms with Crippen LogP contribution in [0.5, 0.6) is 5.75 Å². The van der Waals surface area contributed by atoms with E-state index in [1.165, 1.54) is 5.56 Å². The maximum absolute atomic E-state index is 6.08. The van der Waals surface area contributed by atoms with Crippen LogP contribution in [0, 0.1) is 0 Å². The van der Waals surface area contributed by atoms with Crippen molar-refractivity contribution in [2.45, 2.75) is 32.2 Å². The summed E-state index contributed by atoms with van der Waals surface area (Å²) < 4.78 is 5.38. The Labute approximate surface area is 97.8 Å². The van der Waals surface area contributed by atoms with Crippen LogP contribution >= 0.6 is 0 Å². The van der Waals surface area contributed by atoms with E-state index in [9.17, 15) is 0 Å². The first-order valence-corrected chi connectivity index (χ1v) is 5.96. The van der Waals surface area contributed by atoms with Crippen molar-refractivity contribution in [3.63, 3.8) is 0 Å². The fraction of sp³-hybridized carbons (Fsp3) is 0.538. The third-order valence-corrected chi connectivity index (χ3v) is 2.59. The number of hydrogen-bond acceptors (Lipinski definition) is 3. The minimum atomic E-state index is 0.113. The molecule has 0 aromatic heterocycles. The Morgan fingerprint density at radius 2 is 1.88 bits per heavy atom. The first-order chi connectivity index (χ1) is 7.77. The lowest BCUT2D eigenvalue weighted by molar-refractivity contribution is 0.340. The van der Waals surface area contributed by atoms with E-state index in [2.05, 4.69) is 0 Å². The van der Waals surface area contributed by atoms with E-state index in [0.29, 0.717) is 6.61 Å². The Balaban J connectivity index is 2.46. The van der Waals surface area contributed by atoms with E-state index in [1.54, 1.807) is 0 Å². The second-order valence-electron chi connectivity index (χ2n) is 3.89. The molecule has 0 aliphatic carbocycles. The number of rotatable bonds is 7. The quantitative estimate of drug-likeness (QED) is 0.695. The summed E-state index contributed by atoms with van der Waals surface area (Å²) in [5, 5.41) is 0. The van der Waals surface area contributed by atoms with Gasteiger partial charge in [-0.25, -0.2) is 0 Å². The number of unbranched alkanes of at least 4 members (excludes halogenated alkanes) is 1. The number of benzene rings is 1. The average molecular weight is 222 g/mol. The number of nitrogens with two attached hydrogens (primary N) is 2. The molecule has 1 aromatic rings. The van der Waals surface area contributed by atoms with Gasteiger partial charge in [0.05, 0.1) is 6.61 Å². The van der Waals surface area contributed by atoms with Gasteiger partial charge in [0.2, 0.25) is 0 Å². The molecule has 0 aliphatic heterocycles. The van der Waals surface area contributed by atoms with E-state index in [4.69, 9.17) is 16.2 Å². The molecule has 0 spiro atoms. The minimum Gasteiger partial charge on any atom is -0.494 e. The van der Waals surface area contributed by atoms with Gasteiger partial charge in [-0.05, 0) is 44.0 Å². The first kappa shape index (κ1) is 13.0. The van der Waals surface area contributed by atoms with Crippen LogP contribution < -0.4 is 16.2 Å². The van der Waals surface area contributed by atoms with Crippen LogP contribution in [0.2, 0.25) is 0 Å². The van der Waals surface area contributed by atoms with Crippen LogP contribution in [0.1, 0.15) is 37.8 Å². The van der Waals surface area contributed by atoms with Gasteiger partial charge < -0.3 is 16.2 Å². The maximum atomic E-state index is 6.08. The van der Waals surface area contributed by atoms with Crippen molar-refractivity contribution in [2.24, 2.45) is 11.5 Å². The fourth-order valence-electron chi connectivity index (χ4n) is 1.65. The van der Waals surface area contributed by atoms with Crippen molar-refractivity contribution in [3.05, 3.63) is 29.8 Å². The van der Waals surface area contributed by atoms with Crippen LogP contribution in [0.3, 0.4) is 0 Å². The molecule has 0 bridgehead atoms. The molecule has 0 aliphatic rings. The molecule has 1 rings (SSSR count). The maximum Gasteiger partial charge on any atom is 0.119 e. The SMILES string of the molecule is CCOc1ccc([C@H](N)CCCCN)cc1. The Kier molecular flexibility index (Phi) is 5.90. The zero-order valence-corrected chi connectivity index (χ0v) is 9.99. The normalized spacial score (nSPS) is 12.4. The summed E-state index contributed by atoms with van der Waals surface area (Å²) in [7, 11) is 0. The predicted octanol–water partition coefficient (Wildman–Crippen LogP) is 2.21. The van der Waals surface area contributed by atoms with Crippen LogP contribution in [-0.2, 0) is 0 Å². The molecule has 3 heteroatoms. The third-order valence-electron chi connectivity index (χ3n) is 2.59. The number of ether oxygens (including phenoxy) is 1. The lowest BCUT2D eigenvalue weighted by Gasteiger charge is -2.12. The van der Waals surface area contributed by atoms with Crippen molar-refractivity contribution in [2.75, 3.05) is 13.2 Å². The van der Waals surface area contributed by atoms with Crippen LogP contribution in [0.4, 0.5) is 0 Å². The first-order valence-electron chi connectivity index (χ1n) is 5.96. The van der Waals surface area contributed by atoms with Crippen LogP contribution in [0.15, 0.2) is 24.3 Å². The summed E-state index contributed by atoms with van der Waals surface area (Å²) >= 11 is 0. The van der Waals surface area contributed by atoms with E-state index < -0.39 is 0 Å². The highest BCUT2D eigenvalue weighted by Crippen LogP contribution is 2.19. The molecule has 0 saturated heterocycles. The molecule has 1 atom stereocenters. The van der Waals surface area contributed by atoms with Gasteiger partial charge in [-0.3, -0.25) is 0 Å². The third kappa shape index (κ3) is 4.21. The Morgan fingerprint density at radius 3 is 2.44 bits per heavy atom. The summed E-state index contributed by atoms with van der Waals surface area (Å²) in [6, 6.07) is 8.14. The Bertz CT molecular complexity index is 284. The van der Waals surface area contributed by atoms with Gasteiger partial charge in [0.1, 0.15) is 5.75 Å². The second-order valence-corrected chi connectivity index (χ2v) is 3.89. The highest BCUT2D eigenvalue weighted by Gasteiger charge is 2.05. The van der Waals surface area contributed by atoms with E-state index in [-0.39, 0.29) is 6.04 Å². The predicted molar refractivity (Wildman–Crippen MR) is 67.4 cm³/mol. The molecular weight excluding hydrogens is 200 g/mol. The molecule has 0 heterocycles. The Morgan fingerprint density at radius 1 is 1.19 bits per heavy atom. The molecule has 4 N–H and O–H groups in total. The van der Waals surface area contributed by atoms with Crippen LogP contribution in [-0.4, -0.2) is 13.2 Å². The van der Waals surface area contributed by atoms with E-state index in [0.717, 1.165) is 31.6 Å². The van der Waals surface area contributed by atoms with Crippen LogP contribution in [0.25, 0.3) is 0 Å². The van der Waals surface area contributed by atoms with Crippen molar-refractivity contribution >= 4 is 0 Å². The summed E-state index contributed by atoms with van der Waals surface area (Å²) in [5.41, 5.74) is 12.7. The molecule has 0 amide bonds. The zero-order valence-electron chi connectivity index (χ0n) is 9.99. The molecule has 1 aromatic carbocycles. The molecule has 0 fully saturated rings. The van der Waals surface area contributed by atoms with Gasteiger partial charge in [0.15, 0.2) is 0 Å². The lowest BCUT2D eigenvalue weighted by atomic mass is 10.0. The summed E-state index contributed by atoms with van der Waals surface area (Å²) in [6.07, 6.45) is 3.13. The summed E-state index contributed by atoms with van der Waals surface area (Å²) in [4.78, 5) is 0. The zero-order chi connectivity index (χ0) is 11.8. The van der Waals surface area contributed by atoms with E-state index in [1.807, 2.05) is 31.2 Å². The molecule has 0 saturated carbocycles. The smallest absolute Gasteiger partial charge is 0.119 e. The van der Waals surface area contributed by atoms with Crippen molar-refractivity contribution < 1.29 is 4.74 Å². The average Bonchev–Trinajstić information content (AvgIpc) is 2.30. The molecule has 0 radical (unpaired) electrons. The molecule has 90 valence electrons. The standard InChI is InChI=1S/C13H22N2O/c1-2-16-12-8-6-11(7-9-12)13(15)5-3-4-10-14/h6-9,13H,2-5,10,14-15H2,1H3/t13-/m1/s1. The lowest BCUT2D eigenvalue weighted by Crippen LogP contribution is -2.11. The fourth-order valence-corrected chi connectivity index (χ4v) is 1.65. The van der Waals surface area contributed by atoms with Gasteiger partial charge in [0.25, 0.3) is 0 Å². The second kappa shape index (κ2) is 7.25. The molecule has 3 nitrogen and oxygen atoms in total. The monoisotopic (exact) mass is 222 g/mol. The van der Waals surface area contributed by atoms with Gasteiger partial charge in [-0.1, -0.05) is 18.6 Å².